The summed E-state index contributed by atoms with van der Waals surface area (Å²) in [5, 5.41) is 0. The molecule has 3 aliphatic rings. The lowest BCUT2D eigenvalue weighted by atomic mass is 9.86. The number of hydrogen-bond acceptors (Lipinski definition) is 2. The van der Waals surface area contributed by atoms with Crippen molar-refractivity contribution in [3.63, 3.8) is 0 Å². The standard InChI is InChI=1S/C15H28N2/c1-2-12-9-17(6-5-15(12)16)10-14-8-11-3-4-13(14)7-11/h11-15H,2-10,16H2,1H3. The SMILES string of the molecule is CCC1CN(CC2CC3CCC2C3)CCC1N. The summed E-state index contributed by atoms with van der Waals surface area (Å²) in [7, 11) is 0. The molecular formula is C15H28N2. The van der Waals surface area contributed by atoms with Gasteiger partial charge in [0.1, 0.15) is 0 Å². The fraction of sp³-hybridized carbons (Fsp3) is 1.00. The van der Waals surface area contributed by atoms with Crippen LogP contribution in [-0.4, -0.2) is 30.6 Å². The van der Waals surface area contributed by atoms with Crippen LogP contribution in [0.25, 0.3) is 0 Å². The normalized spacial score (nSPS) is 46.6. The van der Waals surface area contributed by atoms with Crippen molar-refractivity contribution in [1.82, 2.24) is 4.90 Å². The van der Waals surface area contributed by atoms with Crippen LogP contribution in [0.15, 0.2) is 0 Å². The summed E-state index contributed by atoms with van der Waals surface area (Å²) in [6, 6.07) is 0.469. The predicted molar refractivity (Wildman–Crippen MR) is 71.8 cm³/mol. The zero-order valence-corrected chi connectivity index (χ0v) is 11.3. The molecule has 2 aliphatic carbocycles. The maximum Gasteiger partial charge on any atom is 0.00914 e. The third-order valence-electron chi connectivity index (χ3n) is 5.78. The minimum atomic E-state index is 0.469. The van der Waals surface area contributed by atoms with Crippen LogP contribution in [-0.2, 0) is 0 Å². The van der Waals surface area contributed by atoms with E-state index in [0.717, 1.165) is 23.7 Å². The molecule has 1 saturated heterocycles. The van der Waals surface area contributed by atoms with E-state index in [1.807, 2.05) is 0 Å². The number of fused-ring (bicyclic) bond motifs is 2. The van der Waals surface area contributed by atoms with Crippen molar-refractivity contribution in [2.45, 2.75) is 51.5 Å². The number of hydrogen-bond donors (Lipinski definition) is 1. The number of piperidine rings is 1. The number of nitrogens with two attached hydrogens (primary N) is 1. The van der Waals surface area contributed by atoms with Gasteiger partial charge >= 0.3 is 0 Å². The first-order chi connectivity index (χ1) is 8.26. The van der Waals surface area contributed by atoms with Crippen molar-refractivity contribution in [2.24, 2.45) is 29.4 Å². The Bertz CT molecular complexity index is 266. The zero-order valence-electron chi connectivity index (χ0n) is 11.3. The van der Waals surface area contributed by atoms with E-state index in [-0.39, 0.29) is 0 Å². The van der Waals surface area contributed by atoms with Gasteiger partial charge in [0.2, 0.25) is 0 Å². The van der Waals surface area contributed by atoms with Gasteiger partial charge in [-0.2, -0.15) is 0 Å². The molecule has 0 aromatic carbocycles. The van der Waals surface area contributed by atoms with Crippen LogP contribution in [0.1, 0.15) is 45.4 Å². The van der Waals surface area contributed by atoms with Crippen LogP contribution in [0.2, 0.25) is 0 Å². The third kappa shape index (κ3) is 2.39. The molecule has 2 heteroatoms. The molecule has 1 heterocycles. The zero-order chi connectivity index (χ0) is 11.8. The monoisotopic (exact) mass is 236 g/mol. The molecule has 2 saturated carbocycles. The van der Waals surface area contributed by atoms with Crippen molar-refractivity contribution >= 4 is 0 Å². The van der Waals surface area contributed by atoms with Crippen molar-refractivity contribution in [1.29, 1.82) is 0 Å². The van der Waals surface area contributed by atoms with Crippen LogP contribution < -0.4 is 5.73 Å². The topological polar surface area (TPSA) is 29.3 Å². The second-order valence-corrected chi connectivity index (χ2v) is 6.82. The minimum absolute atomic E-state index is 0.469. The minimum Gasteiger partial charge on any atom is -0.327 e. The first-order valence-electron chi connectivity index (χ1n) is 7.74. The maximum atomic E-state index is 6.19. The number of rotatable bonds is 3. The van der Waals surface area contributed by atoms with E-state index in [1.165, 1.54) is 51.7 Å². The van der Waals surface area contributed by atoms with Crippen LogP contribution >= 0.6 is 0 Å². The summed E-state index contributed by atoms with van der Waals surface area (Å²) in [5.41, 5.74) is 6.19. The van der Waals surface area contributed by atoms with E-state index in [9.17, 15) is 0 Å². The van der Waals surface area contributed by atoms with Gasteiger partial charge in [-0.25, -0.2) is 0 Å². The summed E-state index contributed by atoms with van der Waals surface area (Å²) >= 11 is 0. The Morgan fingerprint density at radius 3 is 2.65 bits per heavy atom. The Balaban J connectivity index is 1.52. The van der Waals surface area contributed by atoms with Crippen LogP contribution in [0.5, 0.6) is 0 Å². The van der Waals surface area contributed by atoms with Gasteiger partial charge in [0.05, 0.1) is 0 Å². The van der Waals surface area contributed by atoms with E-state index in [2.05, 4.69) is 11.8 Å². The number of likely N-dealkylation sites (tertiary alicyclic amines) is 1. The highest BCUT2D eigenvalue weighted by molar-refractivity contribution is 4.92. The molecule has 0 amide bonds. The molecule has 0 radical (unpaired) electrons. The fourth-order valence-corrected chi connectivity index (χ4v) is 4.66. The van der Waals surface area contributed by atoms with E-state index < -0.39 is 0 Å². The Kier molecular flexibility index (Phi) is 3.45. The molecule has 0 aromatic heterocycles. The molecule has 3 rings (SSSR count). The third-order valence-corrected chi connectivity index (χ3v) is 5.78. The van der Waals surface area contributed by atoms with Crippen molar-refractivity contribution in [3.05, 3.63) is 0 Å². The molecule has 0 spiro atoms. The maximum absolute atomic E-state index is 6.19. The summed E-state index contributed by atoms with van der Waals surface area (Å²) in [6.07, 6.45) is 8.62. The number of nitrogens with zero attached hydrogens (tertiary/aromatic N) is 1. The van der Waals surface area contributed by atoms with Crippen LogP contribution in [0.4, 0.5) is 0 Å². The lowest BCUT2D eigenvalue weighted by molar-refractivity contribution is 0.116. The Hall–Kier alpha value is -0.0800. The van der Waals surface area contributed by atoms with Gasteiger partial charge in [0, 0.05) is 19.1 Å². The van der Waals surface area contributed by atoms with Gasteiger partial charge in [-0.1, -0.05) is 19.8 Å². The van der Waals surface area contributed by atoms with E-state index >= 15 is 0 Å². The van der Waals surface area contributed by atoms with Gasteiger partial charge in [0.15, 0.2) is 0 Å². The molecule has 2 N–H and O–H groups in total. The Morgan fingerprint density at radius 2 is 2.00 bits per heavy atom. The molecule has 98 valence electrons. The average Bonchev–Trinajstić information content (AvgIpc) is 2.93. The highest BCUT2D eigenvalue weighted by Crippen LogP contribution is 2.48. The largest absolute Gasteiger partial charge is 0.327 e. The molecular weight excluding hydrogens is 208 g/mol. The molecule has 17 heavy (non-hydrogen) atoms. The quantitative estimate of drug-likeness (QED) is 0.815. The summed E-state index contributed by atoms with van der Waals surface area (Å²) < 4.78 is 0. The van der Waals surface area contributed by atoms with Gasteiger partial charge < -0.3 is 10.6 Å². The molecule has 5 unspecified atom stereocenters. The van der Waals surface area contributed by atoms with Gasteiger partial charge in [-0.3, -0.25) is 0 Å². The lowest BCUT2D eigenvalue weighted by Gasteiger charge is -2.39. The van der Waals surface area contributed by atoms with Crippen LogP contribution in [0.3, 0.4) is 0 Å². The van der Waals surface area contributed by atoms with Crippen molar-refractivity contribution in [3.8, 4) is 0 Å². The van der Waals surface area contributed by atoms with E-state index in [0.29, 0.717) is 6.04 Å². The average molecular weight is 236 g/mol. The van der Waals surface area contributed by atoms with Crippen molar-refractivity contribution in [2.75, 3.05) is 19.6 Å². The Morgan fingerprint density at radius 1 is 1.12 bits per heavy atom. The first-order valence-corrected chi connectivity index (χ1v) is 7.74. The highest BCUT2D eigenvalue weighted by Gasteiger charge is 2.40. The molecule has 3 fully saturated rings. The smallest absolute Gasteiger partial charge is 0.00914 e. The Labute approximate surface area is 106 Å². The first kappa shape index (κ1) is 12.0. The van der Waals surface area contributed by atoms with E-state index in [4.69, 9.17) is 5.73 Å². The lowest BCUT2D eigenvalue weighted by Crippen LogP contribution is -2.48. The summed E-state index contributed by atoms with van der Waals surface area (Å²) in [6.45, 7) is 6.20. The van der Waals surface area contributed by atoms with E-state index in [1.54, 1.807) is 6.42 Å². The molecule has 1 aliphatic heterocycles. The summed E-state index contributed by atoms with van der Waals surface area (Å²) in [4.78, 5) is 2.73. The highest BCUT2D eigenvalue weighted by atomic mass is 15.1. The molecule has 0 aromatic rings. The molecule has 2 nitrogen and oxygen atoms in total. The summed E-state index contributed by atoms with van der Waals surface area (Å²) in [5.74, 6) is 3.96. The second kappa shape index (κ2) is 4.89. The van der Waals surface area contributed by atoms with Gasteiger partial charge in [0.25, 0.3) is 0 Å². The predicted octanol–water partition coefficient (Wildman–Crippen LogP) is 2.48. The van der Waals surface area contributed by atoms with Crippen molar-refractivity contribution < 1.29 is 0 Å². The van der Waals surface area contributed by atoms with Gasteiger partial charge in [-0.05, 0) is 55.9 Å². The molecule has 2 bridgehead atoms. The fourth-order valence-electron chi connectivity index (χ4n) is 4.66. The van der Waals surface area contributed by atoms with Gasteiger partial charge in [-0.15, -0.1) is 0 Å². The molecule has 5 atom stereocenters. The van der Waals surface area contributed by atoms with Crippen LogP contribution in [0, 0.1) is 23.7 Å². The second-order valence-electron chi connectivity index (χ2n) is 6.82.